The molecule has 1 heterocycles. The van der Waals surface area contributed by atoms with Gasteiger partial charge in [0.15, 0.2) is 0 Å². The van der Waals surface area contributed by atoms with Crippen molar-refractivity contribution in [3.05, 3.63) is 35.6 Å². The predicted molar refractivity (Wildman–Crippen MR) is 81.6 cm³/mol. The van der Waals surface area contributed by atoms with E-state index in [2.05, 4.69) is 5.32 Å². The second kappa shape index (κ2) is 7.24. The molecule has 1 atom stereocenters. The van der Waals surface area contributed by atoms with Gasteiger partial charge in [-0.25, -0.2) is 9.18 Å². The molecule has 1 saturated heterocycles. The third-order valence-corrected chi connectivity index (χ3v) is 3.83. The van der Waals surface area contributed by atoms with Gasteiger partial charge in [0, 0.05) is 33.7 Å². The number of carbonyl (C=O) groups excluding carboxylic acids is 2. The first-order chi connectivity index (χ1) is 10.5. The maximum absolute atomic E-state index is 12.8. The summed E-state index contributed by atoms with van der Waals surface area (Å²) in [6.45, 7) is 1.52. The van der Waals surface area contributed by atoms with Gasteiger partial charge in [-0.15, -0.1) is 0 Å². The van der Waals surface area contributed by atoms with Crippen LogP contribution in [0.15, 0.2) is 24.3 Å². The highest BCUT2D eigenvalue weighted by molar-refractivity contribution is 5.80. The first-order valence-electron chi connectivity index (χ1n) is 7.45. The van der Waals surface area contributed by atoms with Crippen LogP contribution in [0.3, 0.4) is 0 Å². The zero-order valence-corrected chi connectivity index (χ0v) is 13.0. The maximum Gasteiger partial charge on any atom is 0.319 e. The Labute approximate surface area is 130 Å². The summed E-state index contributed by atoms with van der Waals surface area (Å²) in [6.07, 6.45) is 1.61. The number of urea groups is 1. The molecule has 0 radical (unpaired) electrons. The summed E-state index contributed by atoms with van der Waals surface area (Å²) >= 11 is 0. The number of carbonyl (C=O) groups is 2. The zero-order valence-electron chi connectivity index (χ0n) is 13.0. The van der Waals surface area contributed by atoms with Crippen molar-refractivity contribution in [3.8, 4) is 0 Å². The third-order valence-electron chi connectivity index (χ3n) is 3.83. The van der Waals surface area contributed by atoms with Gasteiger partial charge in [-0.2, -0.15) is 0 Å². The van der Waals surface area contributed by atoms with Crippen molar-refractivity contribution >= 4 is 11.9 Å². The van der Waals surface area contributed by atoms with Gasteiger partial charge in [0.05, 0.1) is 5.92 Å². The molecule has 3 amide bonds. The van der Waals surface area contributed by atoms with E-state index in [9.17, 15) is 14.0 Å². The molecule has 2 rings (SSSR count). The monoisotopic (exact) mass is 307 g/mol. The van der Waals surface area contributed by atoms with Crippen molar-refractivity contribution < 1.29 is 14.0 Å². The number of amides is 3. The van der Waals surface area contributed by atoms with Crippen molar-refractivity contribution in [2.45, 2.75) is 19.4 Å². The summed E-state index contributed by atoms with van der Waals surface area (Å²) in [7, 11) is 3.42. The minimum Gasteiger partial charge on any atom is -0.352 e. The maximum atomic E-state index is 12.8. The predicted octanol–water partition coefficient (Wildman–Crippen LogP) is 1.84. The molecule has 0 spiro atoms. The van der Waals surface area contributed by atoms with Crippen molar-refractivity contribution in [1.82, 2.24) is 15.1 Å². The number of piperidine rings is 1. The largest absolute Gasteiger partial charge is 0.352 e. The number of nitrogens with one attached hydrogen (secondary N) is 1. The van der Waals surface area contributed by atoms with Crippen molar-refractivity contribution in [3.63, 3.8) is 0 Å². The fourth-order valence-corrected chi connectivity index (χ4v) is 2.58. The molecular weight excluding hydrogens is 285 g/mol. The van der Waals surface area contributed by atoms with E-state index in [1.165, 1.54) is 17.0 Å². The van der Waals surface area contributed by atoms with Gasteiger partial charge in [0.2, 0.25) is 5.91 Å². The van der Waals surface area contributed by atoms with Crippen LogP contribution < -0.4 is 5.32 Å². The number of rotatable bonds is 3. The molecule has 0 aromatic heterocycles. The number of benzene rings is 1. The topological polar surface area (TPSA) is 52.7 Å². The highest BCUT2D eigenvalue weighted by Gasteiger charge is 2.28. The molecule has 1 aromatic rings. The van der Waals surface area contributed by atoms with Crippen LogP contribution in [-0.4, -0.2) is 48.9 Å². The normalized spacial score (nSPS) is 18.0. The van der Waals surface area contributed by atoms with E-state index < -0.39 is 0 Å². The molecular formula is C16H22FN3O2. The van der Waals surface area contributed by atoms with Crippen molar-refractivity contribution in [2.24, 2.45) is 5.92 Å². The summed E-state index contributed by atoms with van der Waals surface area (Å²) in [5.41, 5.74) is 0.854. The van der Waals surface area contributed by atoms with Crippen LogP contribution in [0.2, 0.25) is 0 Å². The van der Waals surface area contributed by atoms with Gasteiger partial charge >= 0.3 is 6.03 Å². The number of nitrogens with zero attached hydrogens (tertiary/aromatic N) is 2. The van der Waals surface area contributed by atoms with Crippen LogP contribution in [0.25, 0.3) is 0 Å². The Kier molecular flexibility index (Phi) is 5.35. The number of hydrogen-bond acceptors (Lipinski definition) is 2. The zero-order chi connectivity index (χ0) is 16.1. The lowest BCUT2D eigenvalue weighted by atomic mass is 9.97. The van der Waals surface area contributed by atoms with E-state index in [0.717, 1.165) is 18.4 Å². The van der Waals surface area contributed by atoms with E-state index in [-0.39, 0.29) is 23.7 Å². The lowest BCUT2D eigenvalue weighted by molar-refractivity contribution is -0.126. The van der Waals surface area contributed by atoms with Crippen LogP contribution in [0.4, 0.5) is 9.18 Å². The van der Waals surface area contributed by atoms with Crippen LogP contribution in [0.5, 0.6) is 0 Å². The fraction of sp³-hybridized carbons (Fsp3) is 0.500. The van der Waals surface area contributed by atoms with Crippen LogP contribution in [0.1, 0.15) is 18.4 Å². The Morgan fingerprint density at radius 2 is 2.00 bits per heavy atom. The lowest BCUT2D eigenvalue weighted by Gasteiger charge is -2.33. The highest BCUT2D eigenvalue weighted by Crippen LogP contribution is 2.17. The average Bonchev–Trinajstić information content (AvgIpc) is 2.53. The minimum atomic E-state index is -0.291. The summed E-state index contributed by atoms with van der Waals surface area (Å²) in [4.78, 5) is 27.4. The van der Waals surface area contributed by atoms with Crippen LogP contribution in [0, 0.1) is 11.7 Å². The van der Waals surface area contributed by atoms with E-state index in [1.54, 1.807) is 31.1 Å². The quantitative estimate of drug-likeness (QED) is 0.926. The molecule has 1 aliphatic rings. The Morgan fingerprint density at radius 1 is 1.32 bits per heavy atom. The van der Waals surface area contributed by atoms with Gasteiger partial charge in [-0.3, -0.25) is 4.79 Å². The first kappa shape index (κ1) is 16.3. The summed E-state index contributed by atoms with van der Waals surface area (Å²) in [5, 5.41) is 2.86. The second-order valence-corrected chi connectivity index (χ2v) is 5.81. The third kappa shape index (κ3) is 4.19. The number of hydrogen-bond donors (Lipinski definition) is 1. The molecule has 6 heteroatoms. The van der Waals surface area contributed by atoms with E-state index in [0.29, 0.717) is 19.6 Å². The number of likely N-dealkylation sites (tertiary alicyclic amines) is 1. The molecule has 0 saturated carbocycles. The van der Waals surface area contributed by atoms with Gasteiger partial charge in [-0.1, -0.05) is 12.1 Å². The van der Waals surface area contributed by atoms with Gasteiger partial charge in [0.25, 0.3) is 0 Å². The average molecular weight is 307 g/mol. The Hall–Kier alpha value is -2.11. The molecule has 5 nitrogen and oxygen atoms in total. The van der Waals surface area contributed by atoms with Gasteiger partial charge in [-0.05, 0) is 30.5 Å². The summed E-state index contributed by atoms with van der Waals surface area (Å²) in [6, 6.07) is 5.99. The van der Waals surface area contributed by atoms with E-state index >= 15 is 0 Å². The van der Waals surface area contributed by atoms with E-state index in [4.69, 9.17) is 0 Å². The number of halogens is 1. The Morgan fingerprint density at radius 3 is 2.64 bits per heavy atom. The lowest BCUT2D eigenvalue weighted by Crippen LogP contribution is -2.48. The molecule has 1 aromatic carbocycles. The second-order valence-electron chi connectivity index (χ2n) is 5.81. The fourth-order valence-electron chi connectivity index (χ4n) is 2.58. The first-order valence-corrected chi connectivity index (χ1v) is 7.45. The molecule has 120 valence electrons. The SMILES string of the molecule is CN(C)C(=O)N1CCC[C@H](C(=O)NCc2ccc(F)cc2)C1. The molecule has 1 aliphatic heterocycles. The van der Waals surface area contributed by atoms with Crippen molar-refractivity contribution in [1.29, 1.82) is 0 Å². The molecule has 0 bridgehead atoms. The van der Waals surface area contributed by atoms with Gasteiger partial charge < -0.3 is 15.1 Å². The summed E-state index contributed by atoms with van der Waals surface area (Å²) < 4.78 is 12.8. The van der Waals surface area contributed by atoms with Gasteiger partial charge in [0.1, 0.15) is 5.82 Å². The molecule has 0 unspecified atom stereocenters. The standard InChI is InChI=1S/C16H22FN3O2/c1-19(2)16(22)20-9-3-4-13(11-20)15(21)18-10-12-5-7-14(17)8-6-12/h5-8,13H,3-4,9-11H2,1-2H3,(H,18,21)/t13-/m0/s1. The summed E-state index contributed by atoms with van der Waals surface area (Å²) in [5.74, 6) is -0.529. The molecule has 0 aliphatic carbocycles. The van der Waals surface area contributed by atoms with Crippen LogP contribution >= 0.6 is 0 Å². The molecule has 1 N–H and O–H groups in total. The molecule has 22 heavy (non-hydrogen) atoms. The van der Waals surface area contributed by atoms with E-state index in [1.807, 2.05) is 0 Å². The minimum absolute atomic E-state index is 0.0550. The molecule has 1 fully saturated rings. The highest BCUT2D eigenvalue weighted by atomic mass is 19.1. The Bertz CT molecular complexity index is 531. The van der Waals surface area contributed by atoms with Crippen molar-refractivity contribution in [2.75, 3.05) is 27.2 Å². The Balaban J connectivity index is 1.86. The van der Waals surface area contributed by atoms with Crippen LogP contribution in [-0.2, 0) is 11.3 Å². The smallest absolute Gasteiger partial charge is 0.319 e.